The standard InChI is InChI=1S/C15H20O2/c1-3-12-6-8-13(9-7-12)14(16)15(17-2)10-4-5-11-15/h6-9H,3-5,10-11H2,1-2H3. The summed E-state index contributed by atoms with van der Waals surface area (Å²) in [6, 6.07) is 7.93. The van der Waals surface area contributed by atoms with Gasteiger partial charge in [-0.2, -0.15) is 0 Å². The number of aryl methyl sites for hydroxylation is 1. The lowest BCUT2D eigenvalue weighted by Gasteiger charge is -2.25. The lowest BCUT2D eigenvalue weighted by molar-refractivity contribution is 0.00602. The molecular weight excluding hydrogens is 212 g/mol. The van der Waals surface area contributed by atoms with Gasteiger partial charge in [0.15, 0.2) is 5.78 Å². The first-order valence-electron chi connectivity index (χ1n) is 6.41. The Morgan fingerprint density at radius 2 is 1.82 bits per heavy atom. The summed E-state index contributed by atoms with van der Waals surface area (Å²) >= 11 is 0. The van der Waals surface area contributed by atoms with Gasteiger partial charge in [0.25, 0.3) is 0 Å². The average molecular weight is 232 g/mol. The molecule has 1 aliphatic rings. The minimum absolute atomic E-state index is 0.153. The number of carbonyl (C=O) groups excluding carboxylic acids is 1. The predicted octanol–water partition coefficient (Wildman–Crippen LogP) is 3.39. The predicted molar refractivity (Wildman–Crippen MR) is 68.4 cm³/mol. The second-order valence-corrected chi connectivity index (χ2v) is 4.79. The van der Waals surface area contributed by atoms with Crippen molar-refractivity contribution in [1.82, 2.24) is 0 Å². The highest BCUT2D eigenvalue weighted by Crippen LogP contribution is 2.35. The molecule has 0 unspecified atom stereocenters. The highest BCUT2D eigenvalue weighted by molar-refractivity contribution is 6.02. The molecule has 0 spiro atoms. The fraction of sp³-hybridized carbons (Fsp3) is 0.533. The molecule has 0 saturated heterocycles. The molecule has 2 heteroatoms. The molecule has 0 N–H and O–H groups in total. The molecule has 17 heavy (non-hydrogen) atoms. The van der Waals surface area contributed by atoms with E-state index >= 15 is 0 Å². The van der Waals surface area contributed by atoms with Crippen LogP contribution in [0.2, 0.25) is 0 Å². The van der Waals surface area contributed by atoms with Crippen LogP contribution in [-0.2, 0) is 11.2 Å². The monoisotopic (exact) mass is 232 g/mol. The van der Waals surface area contributed by atoms with Crippen LogP contribution in [0.3, 0.4) is 0 Å². The van der Waals surface area contributed by atoms with Crippen LogP contribution in [0.1, 0.15) is 48.5 Å². The molecule has 2 rings (SSSR count). The van der Waals surface area contributed by atoms with Gasteiger partial charge in [0.2, 0.25) is 0 Å². The van der Waals surface area contributed by atoms with E-state index in [0.717, 1.165) is 37.7 Å². The van der Waals surface area contributed by atoms with E-state index in [1.165, 1.54) is 5.56 Å². The van der Waals surface area contributed by atoms with Crippen LogP contribution in [0.5, 0.6) is 0 Å². The third-order valence-electron chi connectivity index (χ3n) is 3.84. The maximum atomic E-state index is 12.5. The van der Waals surface area contributed by atoms with Gasteiger partial charge in [-0.25, -0.2) is 0 Å². The maximum absolute atomic E-state index is 12.5. The molecule has 92 valence electrons. The Balaban J connectivity index is 2.23. The molecule has 0 amide bonds. The Labute approximate surface area is 103 Å². The third kappa shape index (κ3) is 2.27. The largest absolute Gasteiger partial charge is 0.370 e. The van der Waals surface area contributed by atoms with E-state index in [1.54, 1.807) is 7.11 Å². The van der Waals surface area contributed by atoms with Crippen molar-refractivity contribution in [2.75, 3.05) is 7.11 Å². The normalized spacial score (nSPS) is 18.2. The van der Waals surface area contributed by atoms with Crippen molar-refractivity contribution in [2.24, 2.45) is 0 Å². The zero-order valence-electron chi connectivity index (χ0n) is 10.7. The van der Waals surface area contributed by atoms with Crippen LogP contribution >= 0.6 is 0 Å². The topological polar surface area (TPSA) is 26.3 Å². The van der Waals surface area contributed by atoms with Crippen LogP contribution in [-0.4, -0.2) is 18.5 Å². The number of carbonyl (C=O) groups is 1. The van der Waals surface area contributed by atoms with Crippen LogP contribution in [0.4, 0.5) is 0 Å². The Hall–Kier alpha value is -1.15. The van der Waals surface area contributed by atoms with Gasteiger partial charge in [-0.1, -0.05) is 31.2 Å². The van der Waals surface area contributed by atoms with Gasteiger partial charge in [0.05, 0.1) is 0 Å². The van der Waals surface area contributed by atoms with Crippen molar-refractivity contribution in [3.05, 3.63) is 35.4 Å². The quantitative estimate of drug-likeness (QED) is 0.744. The molecule has 2 nitrogen and oxygen atoms in total. The molecule has 0 heterocycles. The highest BCUT2D eigenvalue weighted by Gasteiger charge is 2.41. The van der Waals surface area contributed by atoms with Gasteiger partial charge < -0.3 is 4.74 Å². The number of methoxy groups -OCH3 is 1. The van der Waals surface area contributed by atoms with E-state index in [-0.39, 0.29) is 5.78 Å². The second kappa shape index (κ2) is 5.01. The summed E-state index contributed by atoms with van der Waals surface area (Å²) in [7, 11) is 1.66. The second-order valence-electron chi connectivity index (χ2n) is 4.79. The summed E-state index contributed by atoms with van der Waals surface area (Å²) in [6.07, 6.45) is 4.90. The zero-order chi connectivity index (χ0) is 12.3. The summed E-state index contributed by atoms with van der Waals surface area (Å²) in [5.41, 5.74) is 1.50. The van der Waals surface area contributed by atoms with Crippen molar-refractivity contribution in [1.29, 1.82) is 0 Å². The van der Waals surface area contributed by atoms with E-state index < -0.39 is 5.60 Å². The van der Waals surface area contributed by atoms with E-state index in [9.17, 15) is 4.79 Å². The number of Topliss-reactive ketones (excluding diaryl/α,β-unsaturated/α-hetero) is 1. The van der Waals surface area contributed by atoms with Gasteiger partial charge in [-0.3, -0.25) is 4.79 Å². The van der Waals surface area contributed by atoms with E-state index in [4.69, 9.17) is 4.74 Å². The van der Waals surface area contributed by atoms with Crippen LogP contribution < -0.4 is 0 Å². The molecule has 0 radical (unpaired) electrons. The van der Waals surface area contributed by atoms with Crippen molar-refractivity contribution < 1.29 is 9.53 Å². The molecule has 0 aliphatic heterocycles. The first-order valence-corrected chi connectivity index (χ1v) is 6.41. The lowest BCUT2D eigenvalue weighted by Crippen LogP contribution is -2.37. The minimum Gasteiger partial charge on any atom is -0.370 e. The third-order valence-corrected chi connectivity index (χ3v) is 3.84. The Bertz CT molecular complexity index is 386. The van der Waals surface area contributed by atoms with Crippen molar-refractivity contribution >= 4 is 5.78 Å². The molecule has 0 aromatic heterocycles. The van der Waals surface area contributed by atoms with Crippen LogP contribution in [0.15, 0.2) is 24.3 Å². The molecule has 1 aliphatic carbocycles. The van der Waals surface area contributed by atoms with Crippen molar-refractivity contribution in [3.8, 4) is 0 Å². The summed E-state index contributed by atoms with van der Waals surface area (Å²) < 4.78 is 5.52. The lowest BCUT2D eigenvalue weighted by atomic mass is 9.90. The molecule has 1 saturated carbocycles. The van der Waals surface area contributed by atoms with Crippen LogP contribution in [0.25, 0.3) is 0 Å². The maximum Gasteiger partial charge on any atom is 0.194 e. The number of benzene rings is 1. The molecule has 0 atom stereocenters. The van der Waals surface area contributed by atoms with Crippen molar-refractivity contribution in [3.63, 3.8) is 0 Å². The SMILES string of the molecule is CCc1ccc(C(=O)C2(OC)CCCC2)cc1. The Morgan fingerprint density at radius 3 is 2.29 bits per heavy atom. The fourth-order valence-electron chi connectivity index (χ4n) is 2.62. The van der Waals surface area contributed by atoms with Gasteiger partial charge in [-0.15, -0.1) is 0 Å². The molecular formula is C15H20O2. The van der Waals surface area contributed by atoms with E-state index in [2.05, 4.69) is 6.92 Å². The average Bonchev–Trinajstić information content (AvgIpc) is 2.88. The Morgan fingerprint density at radius 1 is 1.24 bits per heavy atom. The smallest absolute Gasteiger partial charge is 0.194 e. The van der Waals surface area contributed by atoms with Crippen LogP contribution in [0, 0.1) is 0 Å². The summed E-state index contributed by atoms with van der Waals surface area (Å²) in [5, 5.41) is 0. The van der Waals surface area contributed by atoms with Gasteiger partial charge in [0.1, 0.15) is 5.60 Å². The fourth-order valence-corrected chi connectivity index (χ4v) is 2.62. The van der Waals surface area contributed by atoms with E-state index in [0.29, 0.717) is 0 Å². The summed E-state index contributed by atoms with van der Waals surface area (Å²) in [4.78, 5) is 12.5. The van der Waals surface area contributed by atoms with Gasteiger partial charge in [0, 0.05) is 12.7 Å². The molecule has 1 fully saturated rings. The number of hydrogen-bond donors (Lipinski definition) is 0. The summed E-state index contributed by atoms with van der Waals surface area (Å²) in [5.74, 6) is 0.153. The number of rotatable bonds is 4. The van der Waals surface area contributed by atoms with E-state index in [1.807, 2.05) is 24.3 Å². The molecule has 1 aromatic carbocycles. The van der Waals surface area contributed by atoms with Gasteiger partial charge in [-0.05, 0) is 37.7 Å². The molecule has 0 bridgehead atoms. The summed E-state index contributed by atoms with van der Waals surface area (Å²) in [6.45, 7) is 2.12. The zero-order valence-corrected chi connectivity index (χ0v) is 10.7. The first kappa shape index (κ1) is 12.3. The van der Waals surface area contributed by atoms with Gasteiger partial charge >= 0.3 is 0 Å². The Kier molecular flexibility index (Phi) is 3.63. The number of ether oxygens (including phenoxy) is 1. The highest BCUT2D eigenvalue weighted by atomic mass is 16.5. The first-order chi connectivity index (χ1) is 8.22. The minimum atomic E-state index is -0.548. The molecule has 1 aromatic rings. The van der Waals surface area contributed by atoms with Crippen molar-refractivity contribution in [2.45, 2.75) is 44.6 Å². The number of ketones is 1. The number of hydrogen-bond acceptors (Lipinski definition) is 2.